The predicted octanol–water partition coefficient (Wildman–Crippen LogP) is 3.37. The van der Waals surface area contributed by atoms with Gasteiger partial charge >= 0.3 is 0 Å². The fourth-order valence-corrected chi connectivity index (χ4v) is 4.01. The Morgan fingerprint density at radius 1 is 1.10 bits per heavy atom. The van der Waals surface area contributed by atoms with Gasteiger partial charge in [-0.15, -0.1) is 5.10 Å². The monoisotopic (exact) mass is 402 g/mol. The zero-order valence-electron chi connectivity index (χ0n) is 16.1. The first kappa shape index (κ1) is 18.2. The smallest absolute Gasteiger partial charge is 0.267 e. The minimum atomic E-state index is -0.572. The Morgan fingerprint density at radius 3 is 2.77 bits per heavy atom. The van der Waals surface area contributed by atoms with Crippen molar-refractivity contribution in [2.45, 2.75) is 18.9 Å². The summed E-state index contributed by atoms with van der Waals surface area (Å²) in [6.07, 6.45) is 5.26. The number of nitrogens with two attached hydrogens (primary N) is 1. The summed E-state index contributed by atoms with van der Waals surface area (Å²) in [5.41, 5.74) is 8.67. The maximum Gasteiger partial charge on any atom is 0.267 e. The molecular weight excluding hydrogens is 383 g/mol. The van der Waals surface area contributed by atoms with Crippen LogP contribution in [-0.4, -0.2) is 32.0 Å². The highest BCUT2D eigenvalue weighted by atomic mass is 19.1. The third-order valence-electron chi connectivity index (χ3n) is 5.44. The lowest BCUT2D eigenvalue weighted by Gasteiger charge is -2.26. The van der Waals surface area contributed by atoms with Crippen LogP contribution in [0.4, 0.5) is 10.2 Å². The van der Waals surface area contributed by atoms with Crippen LogP contribution in [0.2, 0.25) is 0 Å². The molecule has 7 nitrogen and oxygen atoms in total. The number of pyridine rings is 1. The molecule has 5 rings (SSSR count). The average molecular weight is 402 g/mol. The molecule has 1 unspecified atom stereocenters. The van der Waals surface area contributed by atoms with Crippen molar-refractivity contribution in [3.63, 3.8) is 0 Å². The van der Waals surface area contributed by atoms with E-state index < -0.39 is 5.91 Å². The molecule has 1 saturated heterocycles. The van der Waals surface area contributed by atoms with Gasteiger partial charge in [0.2, 0.25) is 0 Å². The number of aromatic nitrogens is 4. The van der Waals surface area contributed by atoms with Gasteiger partial charge in [-0.3, -0.25) is 9.78 Å². The van der Waals surface area contributed by atoms with E-state index in [-0.39, 0.29) is 17.6 Å². The summed E-state index contributed by atoms with van der Waals surface area (Å²) in [6, 6.07) is 14.1. The zero-order valence-corrected chi connectivity index (χ0v) is 16.1. The number of hydrogen-bond donors (Lipinski definition) is 1. The number of imidazole rings is 1. The summed E-state index contributed by atoms with van der Waals surface area (Å²) < 4.78 is 15.5. The summed E-state index contributed by atoms with van der Waals surface area (Å²) in [5, 5.41) is 4.82. The third-order valence-corrected chi connectivity index (χ3v) is 5.44. The van der Waals surface area contributed by atoms with Crippen LogP contribution >= 0.6 is 0 Å². The first-order valence-corrected chi connectivity index (χ1v) is 9.73. The Kier molecular flexibility index (Phi) is 4.39. The number of carbonyl (C=O) groups excluding carboxylic acids is 1. The van der Waals surface area contributed by atoms with Crippen molar-refractivity contribution in [1.82, 2.24) is 19.6 Å². The molecule has 30 heavy (non-hydrogen) atoms. The third kappa shape index (κ3) is 3.16. The van der Waals surface area contributed by atoms with Crippen molar-refractivity contribution >= 4 is 17.4 Å². The quantitative estimate of drug-likeness (QED) is 0.565. The highest BCUT2D eigenvalue weighted by molar-refractivity contribution is 5.91. The van der Waals surface area contributed by atoms with Crippen molar-refractivity contribution in [2.24, 2.45) is 5.73 Å². The van der Waals surface area contributed by atoms with Crippen LogP contribution in [0.3, 0.4) is 0 Å². The van der Waals surface area contributed by atoms with Crippen molar-refractivity contribution in [1.29, 1.82) is 0 Å². The van der Waals surface area contributed by atoms with Gasteiger partial charge in [0.05, 0.1) is 17.9 Å². The molecule has 2 N–H and O–H groups in total. The number of halogens is 1. The van der Waals surface area contributed by atoms with Gasteiger partial charge in [-0.05, 0) is 54.8 Å². The van der Waals surface area contributed by atoms with Gasteiger partial charge in [-0.2, -0.15) is 0 Å². The molecule has 150 valence electrons. The number of rotatable bonds is 4. The molecule has 8 heteroatoms. The second-order valence-corrected chi connectivity index (χ2v) is 7.31. The van der Waals surface area contributed by atoms with Crippen LogP contribution in [0, 0.1) is 5.82 Å². The maximum atomic E-state index is 13.8. The molecule has 1 amide bonds. The molecule has 0 bridgehead atoms. The predicted molar refractivity (Wildman–Crippen MR) is 110 cm³/mol. The van der Waals surface area contributed by atoms with Gasteiger partial charge < -0.3 is 10.6 Å². The van der Waals surface area contributed by atoms with Crippen LogP contribution in [0.5, 0.6) is 0 Å². The van der Waals surface area contributed by atoms with Gasteiger partial charge in [0.25, 0.3) is 5.91 Å². The van der Waals surface area contributed by atoms with Gasteiger partial charge in [0.1, 0.15) is 17.3 Å². The van der Waals surface area contributed by atoms with E-state index in [1.54, 1.807) is 41.2 Å². The molecule has 1 fully saturated rings. The summed E-state index contributed by atoms with van der Waals surface area (Å²) in [4.78, 5) is 22.0. The van der Waals surface area contributed by atoms with E-state index in [1.165, 1.54) is 6.07 Å². The van der Waals surface area contributed by atoms with Crippen LogP contribution in [0.15, 0.2) is 60.9 Å². The second-order valence-electron chi connectivity index (χ2n) is 7.31. The zero-order chi connectivity index (χ0) is 20.7. The van der Waals surface area contributed by atoms with Crippen LogP contribution < -0.4 is 10.6 Å². The maximum absolute atomic E-state index is 13.8. The van der Waals surface area contributed by atoms with Gasteiger partial charge in [-0.25, -0.2) is 13.9 Å². The van der Waals surface area contributed by atoms with Gasteiger partial charge in [0, 0.05) is 18.3 Å². The molecule has 1 aromatic carbocycles. The molecule has 1 aliphatic rings. The SMILES string of the molecule is NC(=O)c1ccc(-c2cnc3ccc(N4CCCC4c4cccc(F)c4)nn23)cn1. The summed E-state index contributed by atoms with van der Waals surface area (Å²) in [7, 11) is 0. The Hall–Kier alpha value is -3.81. The first-order chi connectivity index (χ1) is 14.6. The normalized spacial score (nSPS) is 16.3. The van der Waals surface area contributed by atoms with Crippen LogP contribution in [0.1, 0.15) is 34.9 Å². The highest BCUT2D eigenvalue weighted by Gasteiger charge is 2.28. The van der Waals surface area contributed by atoms with Crippen molar-refractivity contribution in [3.05, 3.63) is 78.0 Å². The number of primary amides is 1. The molecule has 4 heterocycles. The topological polar surface area (TPSA) is 89.4 Å². The number of fused-ring (bicyclic) bond motifs is 1. The molecule has 1 atom stereocenters. The molecule has 0 radical (unpaired) electrons. The Bertz CT molecular complexity index is 1240. The van der Waals surface area contributed by atoms with E-state index in [4.69, 9.17) is 10.8 Å². The number of anilines is 1. The summed E-state index contributed by atoms with van der Waals surface area (Å²) in [5.74, 6) is -0.000631. The van der Waals surface area contributed by atoms with Crippen LogP contribution in [-0.2, 0) is 0 Å². The second kappa shape index (κ2) is 7.22. The van der Waals surface area contributed by atoms with E-state index >= 15 is 0 Å². The fourth-order valence-electron chi connectivity index (χ4n) is 4.01. The van der Waals surface area contributed by atoms with E-state index in [0.717, 1.165) is 42.0 Å². The van der Waals surface area contributed by atoms with E-state index in [1.807, 2.05) is 18.2 Å². The summed E-state index contributed by atoms with van der Waals surface area (Å²) >= 11 is 0. The minimum Gasteiger partial charge on any atom is -0.364 e. The molecule has 0 saturated carbocycles. The lowest BCUT2D eigenvalue weighted by Crippen LogP contribution is -2.24. The van der Waals surface area contributed by atoms with E-state index in [9.17, 15) is 9.18 Å². The number of benzene rings is 1. The largest absolute Gasteiger partial charge is 0.364 e. The Labute approximate surface area is 172 Å². The highest BCUT2D eigenvalue weighted by Crippen LogP contribution is 2.35. The minimum absolute atomic E-state index is 0.0779. The molecule has 1 aliphatic heterocycles. The number of carbonyl (C=O) groups is 1. The number of nitrogens with zero attached hydrogens (tertiary/aromatic N) is 5. The van der Waals surface area contributed by atoms with Crippen molar-refractivity contribution in [2.75, 3.05) is 11.4 Å². The Morgan fingerprint density at radius 2 is 2.00 bits per heavy atom. The standard InChI is InChI=1S/C22H19FN6O/c23-16-4-1-3-14(11-16)18-5-2-10-28(18)21-9-8-20-26-13-19(29(20)27-21)15-6-7-17(22(24)30)25-12-15/h1,3-4,6-9,11-13,18H,2,5,10H2,(H2,24,30). The van der Waals surface area contributed by atoms with E-state index in [2.05, 4.69) is 14.9 Å². The van der Waals surface area contributed by atoms with Crippen molar-refractivity contribution in [3.8, 4) is 11.3 Å². The molecular formula is C22H19FN6O. The van der Waals surface area contributed by atoms with Gasteiger partial charge in [0.15, 0.2) is 5.65 Å². The van der Waals surface area contributed by atoms with E-state index in [0.29, 0.717) is 5.65 Å². The lowest BCUT2D eigenvalue weighted by molar-refractivity contribution is 0.0995. The van der Waals surface area contributed by atoms with Gasteiger partial charge in [-0.1, -0.05) is 12.1 Å². The average Bonchev–Trinajstić information content (AvgIpc) is 3.40. The molecule has 3 aromatic heterocycles. The first-order valence-electron chi connectivity index (χ1n) is 9.73. The number of amides is 1. The van der Waals surface area contributed by atoms with Crippen molar-refractivity contribution < 1.29 is 9.18 Å². The Balaban J connectivity index is 1.53. The molecule has 4 aromatic rings. The summed E-state index contributed by atoms with van der Waals surface area (Å²) in [6.45, 7) is 0.846. The number of hydrogen-bond acceptors (Lipinski definition) is 5. The van der Waals surface area contributed by atoms with Crippen LogP contribution in [0.25, 0.3) is 16.9 Å². The lowest BCUT2D eigenvalue weighted by atomic mass is 10.0. The molecule has 0 spiro atoms. The fraction of sp³-hybridized carbons (Fsp3) is 0.182. The molecule has 0 aliphatic carbocycles.